The zero-order valence-electron chi connectivity index (χ0n) is 16.9. The molecule has 4 aromatic carbocycles. The van der Waals surface area contributed by atoms with E-state index in [1.165, 1.54) is 50.1 Å². The summed E-state index contributed by atoms with van der Waals surface area (Å²) in [6.07, 6.45) is 1.15. The average Bonchev–Trinajstić information content (AvgIpc) is 3.26. The molecule has 0 saturated carbocycles. The molecule has 6 rings (SSSR count). The molecular formula is C29H24. The lowest BCUT2D eigenvalue weighted by Crippen LogP contribution is -2.25. The van der Waals surface area contributed by atoms with E-state index in [0.717, 1.165) is 6.42 Å². The molecule has 0 heterocycles. The summed E-state index contributed by atoms with van der Waals surface area (Å²) in [5.41, 5.74) is 12.6. The second-order valence-electron chi connectivity index (χ2n) is 8.47. The van der Waals surface area contributed by atoms with Crippen molar-refractivity contribution in [2.75, 3.05) is 0 Å². The van der Waals surface area contributed by atoms with Gasteiger partial charge in [0.25, 0.3) is 0 Å². The maximum atomic E-state index is 2.38. The van der Waals surface area contributed by atoms with Crippen LogP contribution in [-0.4, -0.2) is 0 Å². The molecule has 0 bridgehead atoms. The van der Waals surface area contributed by atoms with Gasteiger partial charge >= 0.3 is 0 Å². The van der Waals surface area contributed by atoms with Crippen LogP contribution in [0.5, 0.6) is 0 Å². The van der Waals surface area contributed by atoms with Crippen LogP contribution in [0.1, 0.15) is 54.0 Å². The van der Waals surface area contributed by atoms with Crippen molar-refractivity contribution in [3.63, 3.8) is 0 Å². The van der Waals surface area contributed by atoms with Gasteiger partial charge in [-0.3, -0.25) is 0 Å². The van der Waals surface area contributed by atoms with Gasteiger partial charge in [-0.2, -0.15) is 0 Å². The Morgan fingerprint density at radius 2 is 1.07 bits per heavy atom. The SMILES string of the molecule is CCC(C)c1cccc2c1-c1ccccc1C21c2ccccc2-c2ccccc21. The molecule has 0 heteroatoms. The minimum atomic E-state index is -0.206. The van der Waals surface area contributed by atoms with Gasteiger partial charge in [0.1, 0.15) is 0 Å². The van der Waals surface area contributed by atoms with Crippen molar-refractivity contribution < 1.29 is 0 Å². The van der Waals surface area contributed by atoms with Crippen molar-refractivity contribution >= 4 is 0 Å². The fourth-order valence-corrected chi connectivity index (χ4v) is 5.80. The molecule has 0 nitrogen and oxygen atoms in total. The van der Waals surface area contributed by atoms with Gasteiger partial charge in [0.2, 0.25) is 0 Å². The van der Waals surface area contributed by atoms with E-state index >= 15 is 0 Å². The molecule has 2 aliphatic rings. The molecule has 140 valence electrons. The van der Waals surface area contributed by atoms with Gasteiger partial charge in [-0.05, 0) is 62.4 Å². The quantitative estimate of drug-likeness (QED) is 0.294. The number of benzene rings is 4. The van der Waals surface area contributed by atoms with Crippen molar-refractivity contribution in [2.24, 2.45) is 0 Å². The van der Waals surface area contributed by atoms with Crippen molar-refractivity contribution in [3.05, 3.63) is 119 Å². The molecule has 1 spiro atoms. The summed E-state index contributed by atoms with van der Waals surface area (Å²) in [7, 11) is 0. The number of hydrogen-bond acceptors (Lipinski definition) is 0. The van der Waals surface area contributed by atoms with Crippen LogP contribution in [0, 0.1) is 0 Å². The van der Waals surface area contributed by atoms with Gasteiger partial charge in [-0.25, -0.2) is 0 Å². The molecule has 0 fully saturated rings. The molecular weight excluding hydrogens is 348 g/mol. The molecule has 1 unspecified atom stereocenters. The fraction of sp³-hybridized carbons (Fsp3) is 0.172. The van der Waals surface area contributed by atoms with Gasteiger partial charge in [0.05, 0.1) is 5.41 Å². The lowest BCUT2D eigenvalue weighted by Gasteiger charge is -2.30. The zero-order valence-corrected chi connectivity index (χ0v) is 16.9. The van der Waals surface area contributed by atoms with E-state index in [9.17, 15) is 0 Å². The lowest BCUT2D eigenvalue weighted by atomic mass is 9.70. The Morgan fingerprint density at radius 3 is 1.66 bits per heavy atom. The van der Waals surface area contributed by atoms with Gasteiger partial charge in [-0.15, -0.1) is 0 Å². The van der Waals surface area contributed by atoms with Crippen LogP contribution >= 0.6 is 0 Å². The highest BCUT2D eigenvalue weighted by Crippen LogP contribution is 2.63. The summed E-state index contributed by atoms with van der Waals surface area (Å²) < 4.78 is 0. The predicted molar refractivity (Wildman–Crippen MR) is 121 cm³/mol. The van der Waals surface area contributed by atoms with E-state index in [1.54, 1.807) is 0 Å². The summed E-state index contributed by atoms with van der Waals surface area (Å²) in [6.45, 7) is 4.65. The third-order valence-corrected chi connectivity index (χ3v) is 7.20. The highest BCUT2D eigenvalue weighted by molar-refractivity contribution is 5.95. The Bertz CT molecular complexity index is 1220. The summed E-state index contributed by atoms with van der Waals surface area (Å²) in [6, 6.07) is 34.1. The monoisotopic (exact) mass is 372 g/mol. The minimum Gasteiger partial charge on any atom is -0.0648 e. The fourth-order valence-electron chi connectivity index (χ4n) is 5.80. The Labute approximate surface area is 172 Å². The van der Waals surface area contributed by atoms with Crippen LogP contribution in [0.4, 0.5) is 0 Å². The van der Waals surface area contributed by atoms with Crippen molar-refractivity contribution in [2.45, 2.75) is 31.6 Å². The van der Waals surface area contributed by atoms with E-state index in [2.05, 4.69) is 105 Å². The smallest absolute Gasteiger partial charge is 0.0648 e. The molecule has 2 aliphatic carbocycles. The van der Waals surface area contributed by atoms with Gasteiger partial charge < -0.3 is 0 Å². The van der Waals surface area contributed by atoms with E-state index in [0.29, 0.717) is 5.92 Å². The molecule has 0 radical (unpaired) electrons. The average molecular weight is 373 g/mol. The maximum Gasteiger partial charge on any atom is 0.0725 e. The normalized spacial score (nSPS) is 15.5. The first-order chi connectivity index (χ1) is 14.3. The highest BCUT2D eigenvalue weighted by Gasteiger charge is 2.51. The summed E-state index contributed by atoms with van der Waals surface area (Å²) in [5.74, 6) is 0.542. The third kappa shape index (κ3) is 1.94. The van der Waals surface area contributed by atoms with E-state index < -0.39 is 0 Å². The first kappa shape index (κ1) is 16.8. The van der Waals surface area contributed by atoms with Crippen LogP contribution in [0.25, 0.3) is 22.3 Å². The molecule has 0 amide bonds. The highest BCUT2D eigenvalue weighted by atomic mass is 14.5. The Kier molecular flexibility index (Phi) is 3.44. The third-order valence-electron chi connectivity index (χ3n) is 7.20. The van der Waals surface area contributed by atoms with E-state index in [1.807, 2.05) is 0 Å². The first-order valence-corrected chi connectivity index (χ1v) is 10.7. The molecule has 0 N–H and O–H groups in total. The molecule has 29 heavy (non-hydrogen) atoms. The second kappa shape index (κ2) is 5.94. The summed E-state index contributed by atoms with van der Waals surface area (Å²) in [5, 5.41) is 0. The minimum absolute atomic E-state index is 0.206. The van der Waals surface area contributed by atoms with Crippen LogP contribution in [0.3, 0.4) is 0 Å². The Balaban J connectivity index is 1.83. The number of fused-ring (bicyclic) bond motifs is 10. The molecule has 4 aromatic rings. The first-order valence-electron chi connectivity index (χ1n) is 10.7. The molecule has 1 atom stereocenters. The Morgan fingerprint density at radius 1 is 0.586 bits per heavy atom. The molecule has 0 aromatic heterocycles. The molecule has 0 saturated heterocycles. The van der Waals surface area contributed by atoms with E-state index in [4.69, 9.17) is 0 Å². The van der Waals surface area contributed by atoms with Crippen molar-refractivity contribution in [3.8, 4) is 22.3 Å². The van der Waals surface area contributed by atoms with Gasteiger partial charge in [0.15, 0.2) is 0 Å². The maximum absolute atomic E-state index is 2.38. The van der Waals surface area contributed by atoms with Crippen molar-refractivity contribution in [1.82, 2.24) is 0 Å². The number of rotatable bonds is 2. The van der Waals surface area contributed by atoms with Crippen LogP contribution < -0.4 is 0 Å². The van der Waals surface area contributed by atoms with E-state index in [-0.39, 0.29) is 5.41 Å². The number of hydrogen-bond donors (Lipinski definition) is 0. The summed E-state index contributed by atoms with van der Waals surface area (Å²) >= 11 is 0. The topological polar surface area (TPSA) is 0 Å². The zero-order chi connectivity index (χ0) is 19.6. The van der Waals surface area contributed by atoms with Crippen molar-refractivity contribution in [1.29, 1.82) is 0 Å². The molecule has 0 aliphatic heterocycles. The van der Waals surface area contributed by atoms with Gasteiger partial charge in [0, 0.05) is 0 Å². The van der Waals surface area contributed by atoms with Gasteiger partial charge in [-0.1, -0.05) is 105 Å². The van der Waals surface area contributed by atoms with Crippen LogP contribution in [0.15, 0.2) is 91.0 Å². The largest absolute Gasteiger partial charge is 0.0725 e. The predicted octanol–water partition coefficient (Wildman–Crippen LogP) is 7.54. The van der Waals surface area contributed by atoms with Crippen LogP contribution in [0.2, 0.25) is 0 Å². The Hall–Kier alpha value is -3.12. The second-order valence-corrected chi connectivity index (χ2v) is 8.47. The lowest BCUT2D eigenvalue weighted by molar-refractivity contribution is 0.731. The van der Waals surface area contributed by atoms with Crippen LogP contribution in [-0.2, 0) is 5.41 Å². The summed E-state index contributed by atoms with van der Waals surface area (Å²) in [4.78, 5) is 0. The standard InChI is InChI=1S/C29H24/c1-3-19(2)20-14-10-18-27-28(20)23-13-6-9-17-26(23)29(27)24-15-7-4-11-21(24)22-12-5-8-16-25(22)29/h4-19H,3H2,1-2H3.